The van der Waals surface area contributed by atoms with Crippen LogP contribution in [-0.4, -0.2) is 82.8 Å². The average molecular weight is 465 g/mol. The predicted molar refractivity (Wildman–Crippen MR) is 123 cm³/mol. The third kappa shape index (κ3) is 4.44. The summed E-state index contributed by atoms with van der Waals surface area (Å²) in [5.74, 6) is -2.16. The molecule has 8 nitrogen and oxygen atoms in total. The molecule has 3 rings (SSSR count). The third-order valence-corrected chi connectivity index (χ3v) is 7.32. The molecule has 3 aliphatic rings. The van der Waals surface area contributed by atoms with E-state index in [2.05, 4.69) is 13.5 Å². The molecular weight excluding hydrogens is 424 g/mol. The summed E-state index contributed by atoms with van der Waals surface area (Å²) in [5.41, 5.74) is -1.06. The number of likely N-dealkylation sites (tertiary alicyclic amines) is 1. The number of rotatable bonds is 12. The molecule has 3 saturated heterocycles. The first kappa shape index (κ1) is 25.7. The van der Waals surface area contributed by atoms with Crippen molar-refractivity contribution in [2.45, 2.75) is 83.6 Å². The molecule has 33 heavy (non-hydrogen) atoms. The van der Waals surface area contributed by atoms with Crippen molar-refractivity contribution in [2.75, 3.05) is 26.3 Å². The molecule has 0 radical (unpaired) electrons. The molecule has 1 spiro atoms. The van der Waals surface area contributed by atoms with Gasteiger partial charge in [0.25, 0.3) is 0 Å². The Balaban J connectivity index is 2.06. The first-order valence-electron chi connectivity index (χ1n) is 12.4. The van der Waals surface area contributed by atoms with Crippen LogP contribution in [0, 0.1) is 17.8 Å². The summed E-state index contributed by atoms with van der Waals surface area (Å²) in [4.78, 5) is 44.1. The van der Waals surface area contributed by atoms with Crippen LogP contribution in [0.1, 0.15) is 59.8 Å². The molecule has 186 valence electrons. The van der Waals surface area contributed by atoms with Crippen molar-refractivity contribution in [3.63, 3.8) is 0 Å². The molecule has 3 fully saturated rings. The fraction of sp³-hybridized carbons (Fsp3) is 0.800. The van der Waals surface area contributed by atoms with Crippen molar-refractivity contribution in [1.29, 1.82) is 0 Å². The second kappa shape index (κ2) is 10.6. The zero-order valence-electron chi connectivity index (χ0n) is 20.5. The van der Waals surface area contributed by atoms with E-state index in [0.29, 0.717) is 32.4 Å². The summed E-state index contributed by atoms with van der Waals surface area (Å²) in [6, 6.07) is -1.39. The van der Waals surface area contributed by atoms with Crippen molar-refractivity contribution in [3.05, 3.63) is 12.7 Å². The average Bonchev–Trinajstić information content (AvgIpc) is 3.42. The van der Waals surface area contributed by atoms with Crippen LogP contribution in [0.25, 0.3) is 0 Å². The second-order valence-electron chi connectivity index (χ2n) is 9.95. The van der Waals surface area contributed by atoms with Crippen molar-refractivity contribution >= 4 is 17.8 Å². The quantitative estimate of drug-likeness (QED) is 0.351. The maximum Gasteiger partial charge on any atom is 0.312 e. The molecule has 2 bridgehead atoms. The number of aliphatic hydroxyl groups is 1. The van der Waals surface area contributed by atoms with Gasteiger partial charge in [0.2, 0.25) is 11.8 Å². The second-order valence-corrected chi connectivity index (χ2v) is 9.95. The van der Waals surface area contributed by atoms with Crippen LogP contribution in [0.4, 0.5) is 0 Å². The van der Waals surface area contributed by atoms with Gasteiger partial charge in [0.05, 0.1) is 37.2 Å². The van der Waals surface area contributed by atoms with Crippen LogP contribution in [-0.2, 0) is 23.9 Å². The van der Waals surface area contributed by atoms with Crippen LogP contribution >= 0.6 is 0 Å². The molecule has 0 aromatic rings. The summed E-state index contributed by atoms with van der Waals surface area (Å²) in [6.45, 7) is 12.5. The predicted octanol–water partition coefficient (Wildman–Crippen LogP) is 2.15. The molecule has 6 atom stereocenters. The Morgan fingerprint density at radius 3 is 2.70 bits per heavy atom. The lowest BCUT2D eigenvalue weighted by molar-refractivity contribution is -0.156. The number of fused-ring (bicyclic) bond motifs is 1. The third-order valence-electron chi connectivity index (χ3n) is 7.32. The minimum atomic E-state index is -1.06. The highest BCUT2D eigenvalue weighted by Gasteiger charge is 2.75. The normalized spacial score (nSPS) is 31.1. The van der Waals surface area contributed by atoms with Gasteiger partial charge in [0, 0.05) is 13.1 Å². The Morgan fingerprint density at radius 1 is 1.39 bits per heavy atom. The zero-order chi connectivity index (χ0) is 24.3. The largest absolute Gasteiger partial charge is 0.466 e. The standard InChI is InChI=1S/C25H40N2O6/c1-6-9-13-26(12-7-2)23(30)21-25-11-10-18(33-25)19(24(31)32-8-3)20(25)22(29)27(21)17(15-28)14-16(4)5/h7,16-21,28H,2,6,8-15H2,1,3-5H3/t17-,18-,19+,20+,21?,25?/m1/s1. The molecule has 2 amide bonds. The van der Waals surface area contributed by atoms with E-state index in [0.717, 1.165) is 12.8 Å². The summed E-state index contributed by atoms with van der Waals surface area (Å²) in [5, 5.41) is 10.3. The molecule has 0 aromatic carbocycles. The number of carbonyl (C=O) groups is 3. The minimum Gasteiger partial charge on any atom is -0.466 e. The Hall–Kier alpha value is -1.93. The van der Waals surface area contributed by atoms with Gasteiger partial charge in [0.1, 0.15) is 11.6 Å². The Labute approximate surface area is 197 Å². The molecule has 2 unspecified atom stereocenters. The minimum absolute atomic E-state index is 0.188. The first-order chi connectivity index (χ1) is 15.8. The van der Waals surface area contributed by atoms with Crippen molar-refractivity contribution in [1.82, 2.24) is 9.80 Å². The van der Waals surface area contributed by atoms with E-state index in [1.165, 1.54) is 0 Å². The lowest BCUT2D eigenvalue weighted by Crippen LogP contribution is -2.59. The number of ether oxygens (including phenoxy) is 2. The fourth-order valence-corrected chi connectivity index (χ4v) is 6.06. The lowest BCUT2D eigenvalue weighted by atomic mass is 9.70. The number of hydrogen-bond donors (Lipinski definition) is 1. The first-order valence-corrected chi connectivity index (χ1v) is 12.4. The van der Waals surface area contributed by atoms with Crippen molar-refractivity contribution in [3.8, 4) is 0 Å². The number of unbranched alkanes of at least 4 members (excludes halogenated alkanes) is 1. The van der Waals surface area contributed by atoms with Gasteiger partial charge >= 0.3 is 5.97 Å². The smallest absolute Gasteiger partial charge is 0.312 e. The van der Waals surface area contributed by atoms with Gasteiger partial charge in [0.15, 0.2) is 0 Å². The molecule has 0 aromatic heterocycles. The van der Waals surface area contributed by atoms with E-state index in [1.54, 1.807) is 22.8 Å². The molecular formula is C25H40N2O6. The topological polar surface area (TPSA) is 96.4 Å². The maximum absolute atomic E-state index is 14.0. The fourth-order valence-electron chi connectivity index (χ4n) is 6.06. The van der Waals surface area contributed by atoms with Gasteiger partial charge in [-0.15, -0.1) is 6.58 Å². The number of hydrogen-bond acceptors (Lipinski definition) is 6. The van der Waals surface area contributed by atoms with Crippen LogP contribution in [0.3, 0.4) is 0 Å². The summed E-state index contributed by atoms with van der Waals surface area (Å²) in [7, 11) is 0. The highest BCUT2D eigenvalue weighted by Crippen LogP contribution is 2.59. The highest BCUT2D eigenvalue weighted by molar-refractivity contribution is 5.98. The van der Waals surface area contributed by atoms with Crippen LogP contribution < -0.4 is 0 Å². The van der Waals surface area contributed by atoms with Gasteiger partial charge in [-0.2, -0.15) is 0 Å². The molecule has 8 heteroatoms. The zero-order valence-corrected chi connectivity index (χ0v) is 20.5. The number of aliphatic hydroxyl groups excluding tert-OH is 1. The van der Waals surface area contributed by atoms with Crippen LogP contribution in [0.2, 0.25) is 0 Å². The Kier molecular flexibility index (Phi) is 8.22. The SMILES string of the molecule is C=CCN(CCCC)C(=O)C1N([C@@H](CO)CC(C)C)C(=O)[C@@H]2[C@@H](C(=O)OCC)[C@H]3CCC12O3. The molecule has 3 aliphatic heterocycles. The van der Waals surface area contributed by atoms with E-state index in [4.69, 9.17) is 9.47 Å². The number of esters is 1. The molecule has 0 aliphatic carbocycles. The summed E-state index contributed by atoms with van der Waals surface area (Å²) >= 11 is 0. The highest BCUT2D eigenvalue weighted by atomic mass is 16.6. The van der Waals surface area contributed by atoms with Gasteiger partial charge in [-0.05, 0) is 38.5 Å². The maximum atomic E-state index is 14.0. The Bertz CT molecular complexity index is 755. The van der Waals surface area contributed by atoms with E-state index in [1.807, 2.05) is 13.8 Å². The van der Waals surface area contributed by atoms with Crippen molar-refractivity contribution < 1.29 is 29.0 Å². The number of carbonyl (C=O) groups excluding carboxylic acids is 3. The summed E-state index contributed by atoms with van der Waals surface area (Å²) in [6.07, 6.45) is 4.73. The molecule has 3 heterocycles. The Morgan fingerprint density at radius 2 is 2.12 bits per heavy atom. The van der Waals surface area contributed by atoms with Gasteiger partial charge in [-0.1, -0.05) is 33.3 Å². The van der Waals surface area contributed by atoms with E-state index >= 15 is 0 Å². The number of amides is 2. The molecule has 0 saturated carbocycles. The summed E-state index contributed by atoms with van der Waals surface area (Å²) < 4.78 is 11.7. The monoisotopic (exact) mass is 464 g/mol. The van der Waals surface area contributed by atoms with E-state index in [-0.39, 0.29) is 30.9 Å². The van der Waals surface area contributed by atoms with Gasteiger partial charge in [-0.3, -0.25) is 14.4 Å². The van der Waals surface area contributed by atoms with Crippen LogP contribution in [0.5, 0.6) is 0 Å². The lowest BCUT2D eigenvalue weighted by Gasteiger charge is -2.39. The van der Waals surface area contributed by atoms with Crippen molar-refractivity contribution in [2.24, 2.45) is 17.8 Å². The van der Waals surface area contributed by atoms with E-state index in [9.17, 15) is 19.5 Å². The van der Waals surface area contributed by atoms with Gasteiger partial charge in [-0.25, -0.2) is 0 Å². The van der Waals surface area contributed by atoms with Gasteiger partial charge < -0.3 is 24.4 Å². The molecule has 1 N–H and O–H groups in total. The van der Waals surface area contributed by atoms with Crippen LogP contribution in [0.15, 0.2) is 12.7 Å². The van der Waals surface area contributed by atoms with E-state index < -0.39 is 41.6 Å². The number of nitrogens with zero attached hydrogens (tertiary/aromatic N) is 2.